The molecule has 4 heteroatoms. The minimum absolute atomic E-state index is 0.0288. The molecular weight excluding hydrogens is 711 g/mol. The molecule has 0 spiro atoms. The molecular formula is C54H103NO3. The maximum absolute atomic E-state index is 12.5. The van der Waals surface area contributed by atoms with Crippen molar-refractivity contribution >= 4 is 5.91 Å². The Labute approximate surface area is 363 Å². The second kappa shape index (κ2) is 50.0. The zero-order chi connectivity index (χ0) is 42.1. The van der Waals surface area contributed by atoms with Crippen LogP contribution in [0, 0.1) is 0 Å². The van der Waals surface area contributed by atoms with Crippen LogP contribution in [0.15, 0.2) is 36.5 Å². The Morgan fingerprint density at radius 2 is 0.707 bits per heavy atom. The van der Waals surface area contributed by atoms with Gasteiger partial charge in [-0.3, -0.25) is 4.79 Å². The highest BCUT2D eigenvalue weighted by Gasteiger charge is 2.20. The molecule has 0 aliphatic carbocycles. The summed E-state index contributed by atoms with van der Waals surface area (Å²) in [5, 5.41) is 23.2. The van der Waals surface area contributed by atoms with E-state index in [2.05, 4.69) is 55.6 Å². The number of carbonyl (C=O) groups excluding carboxylic acids is 1. The largest absolute Gasteiger partial charge is 0.394 e. The lowest BCUT2D eigenvalue weighted by Crippen LogP contribution is -2.45. The van der Waals surface area contributed by atoms with Crippen LogP contribution in [0.5, 0.6) is 0 Å². The van der Waals surface area contributed by atoms with Gasteiger partial charge in [0.1, 0.15) is 0 Å². The summed E-state index contributed by atoms with van der Waals surface area (Å²) in [5.74, 6) is -0.0288. The number of nitrogens with one attached hydrogen (secondary N) is 1. The number of aliphatic hydroxyl groups is 2. The highest BCUT2D eigenvalue weighted by Crippen LogP contribution is 2.17. The third-order valence-corrected chi connectivity index (χ3v) is 12.2. The van der Waals surface area contributed by atoms with E-state index in [1.54, 1.807) is 0 Å². The van der Waals surface area contributed by atoms with E-state index in [1.165, 1.54) is 218 Å². The van der Waals surface area contributed by atoms with Gasteiger partial charge in [0.25, 0.3) is 0 Å². The van der Waals surface area contributed by atoms with Gasteiger partial charge in [-0.1, -0.05) is 262 Å². The highest BCUT2D eigenvalue weighted by molar-refractivity contribution is 5.76. The number of carbonyl (C=O) groups is 1. The number of hydrogen-bond acceptors (Lipinski definition) is 3. The van der Waals surface area contributed by atoms with Gasteiger partial charge in [-0.25, -0.2) is 0 Å². The first-order chi connectivity index (χ1) is 28.7. The molecule has 2 atom stereocenters. The standard InChI is InChI=1S/C54H103NO3/c1-3-5-7-9-11-13-15-17-19-20-21-22-23-24-25-26-27-28-29-30-31-32-33-34-36-38-40-42-44-46-48-50-54(58)55-52(51-56)53(57)49-47-45-43-41-39-37-35-18-16-14-12-10-8-6-4-2/h15,17,20-21,23-24,52-53,56-57H,3-14,16,18-19,22,25-51H2,1-2H3,(H,55,58)/b17-15-,21-20-,24-23-. The SMILES string of the molecule is CCCCCCC/C=C\C/C=C\C/C=C\CCCCCCCCCCCCCCCCCCC(=O)NC(CO)C(O)CCCCCCCCCCCCCCCCC. The molecule has 1 amide bonds. The fourth-order valence-electron chi connectivity index (χ4n) is 8.13. The van der Waals surface area contributed by atoms with Crippen molar-refractivity contribution < 1.29 is 15.0 Å². The average molecular weight is 814 g/mol. The molecule has 0 aliphatic rings. The zero-order valence-electron chi connectivity index (χ0n) is 39.3. The molecule has 2 unspecified atom stereocenters. The van der Waals surface area contributed by atoms with Gasteiger partial charge in [-0.15, -0.1) is 0 Å². The van der Waals surface area contributed by atoms with E-state index in [9.17, 15) is 15.0 Å². The Morgan fingerprint density at radius 3 is 1.05 bits per heavy atom. The van der Waals surface area contributed by atoms with E-state index >= 15 is 0 Å². The summed E-state index contributed by atoms with van der Waals surface area (Å²) in [6.45, 7) is 4.36. The second-order valence-electron chi connectivity index (χ2n) is 17.9. The first kappa shape index (κ1) is 56.6. The topological polar surface area (TPSA) is 69.6 Å². The molecule has 0 saturated heterocycles. The van der Waals surface area contributed by atoms with Crippen molar-refractivity contribution in [3.8, 4) is 0 Å². The predicted octanol–water partition coefficient (Wildman–Crippen LogP) is 16.9. The number of unbranched alkanes of at least 4 members (excludes halogenated alkanes) is 35. The summed E-state index contributed by atoms with van der Waals surface area (Å²) in [4.78, 5) is 12.5. The molecule has 0 radical (unpaired) electrons. The van der Waals surface area contributed by atoms with Gasteiger partial charge in [-0.2, -0.15) is 0 Å². The fraction of sp³-hybridized carbons (Fsp3) is 0.870. The van der Waals surface area contributed by atoms with E-state index in [0.717, 1.165) is 38.5 Å². The number of aliphatic hydroxyl groups excluding tert-OH is 2. The normalized spacial score (nSPS) is 13.1. The highest BCUT2D eigenvalue weighted by atomic mass is 16.3. The first-order valence-corrected chi connectivity index (χ1v) is 26.2. The summed E-state index contributed by atoms with van der Waals surface area (Å²) in [5.41, 5.74) is 0. The Morgan fingerprint density at radius 1 is 0.414 bits per heavy atom. The lowest BCUT2D eigenvalue weighted by molar-refractivity contribution is -0.123. The molecule has 0 rings (SSSR count). The van der Waals surface area contributed by atoms with Gasteiger partial charge in [0.2, 0.25) is 5.91 Å². The molecule has 0 aromatic rings. The molecule has 0 saturated carbocycles. The van der Waals surface area contributed by atoms with Crippen LogP contribution >= 0.6 is 0 Å². The summed E-state index contributed by atoms with van der Waals surface area (Å²) in [7, 11) is 0. The minimum Gasteiger partial charge on any atom is -0.394 e. The van der Waals surface area contributed by atoms with Crippen LogP contribution in [-0.4, -0.2) is 34.9 Å². The lowest BCUT2D eigenvalue weighted by Gasteiger charge is -2.22. The first-order valence-electron chi connectivity index (χ1n) is 26.2. The lowest BCUT2D eigenvalue weighted by atomic mass is 10.0. The van der Waals surface area contributed by atoms with E-state index in [4.69, 9.17) is 0 Å². The van der Waals surface area contributed by atoms with Gasteiger partial charge < -0.3 is 15.5 Å². The van der Waals surface area contributed by atoms with E-state index in [1.807, 2.05) is 0 Å². The Kier molecular flexibility index (Phi) is 48.8. The summed E-state index contributed by atoms with van der Waals surface area (Å²) in [6.07, 6.45) is 66.8. The molecule has 0 aromatic carbocycles. The number of hydrogen-bond donors (Lipinski definition) is 3. The van der Waals surface area contributed by atoms with Crippen LogP contribution in [0.25, 0.3) is 0 Å². The van der Waals surface area contributed by atoms with Crippen molar-refractivity contribution in [1.82, 2.24) is 5.32 Å². The Balaban J connectivity index is 3.44. The van der Waals surface area contributed by atoms with Crippen molar-refractivity contribution in [2.75, 3.05) is 6.61 Å². The van der Waals surface area contributed by atoms with Crippen molar-refractivity contribution in [2.24, 2.45) is 0 Å². The third-order valence-electron chi connectivity index (χ3n) is 12.2. The van der Waals surface area contributed by atoms with E-state index in [0.29, 0.717) is 12.8 Å². The Hall–Kier alpha value is -1.39. The third kappa shape index (κ3) is 45.7. The van der Waals surface area contributed by atoms with Crippen LogP contribution in [0.3, 0.4) is 0 Å². The quantitative estimate of drug-likeness (QED) is 0.0423. The summed E-state index contributed by atoms with van der Waals surface area (Å²) in [6, 6.07) is -0.535. The Bertz CT molecular complexity index is 882. The monoisotopic (exact) mass is 814 g/mol. The molecule has 0 aliphatic heterocycles. The fourth-order valence-corrected chi connectivity index (χ4v) is 8.13. The predicted molar refractivity (Wildman–Crippen MR) is 258 cm³/mol. The van der Waals surface area contributed by atoms with Crippen LogP contribution in [0.1, 0.15) is 284 Å². The van der Waals surface area contributed by atoms with Gasteiger partial charge in [0, 0.05) is 6.42 Å². The molecule has 0 fully saturated rings. The molecule has 4 nitrogen and oxygen atoms in total. The maximum Gasteiger partial charge on any atom is 0.220 e. The molecule has 342 valence electrons. The number of rotatable bonds is 48. The average Bonchev–Trinajstić information content (AvgIpc) is 3.23. The van der Waals surface area contributed by atoms with E-state index < -0.39 is 12.1 Å². The van der Waals surface area contributed by atoms with Gasteiger partial charge in [0.15, 0.2) is 0 Å². The minimum atomic E-state index is -0.658. The summed E-state index contributed by atoms with van der Waals surface area (Å²) < 4.78 is 0. The summed E-state index contributed by atoms with van der Waals surface area (Å²) >= 11 is 0. The van der Waals surface area contributed by atoms with Gasteiger partial charge in [-0.05, 0) is 51.4 Å². The molecule has 0 aromatic heterocycles. The van der Waals surface area contributed by atoms with Gasteiger partial charge in [0.05, 0.1) is 18.8 Å². The number of allylic oxidation sites excluding steroid dienone is 6. The zero-order valence-corrected chi connectivity index (χ0v) is 39.3. The van der Waals surface area contributed by atoms with E-state index in [-0.39, 0.29) is 12.5 Å². The van der Waals surface area contributed by atoms with Crippen molar-refractivity contribution in [3.05, 3.63) is 36.5 Å². The van der Waals surface area contributed by atoms with Crippen LogP contribution < -0.4 is 5.32 Å². The molecule has 58 heavy (non-hydrogen) atoms. The molecule has 0 heterocycles. The van der Waals surface area contributed by atoms with Crippen LogP contribution in [0.2, 0.25) is 0 Å². The molecule has 3 N–H and O–H groups in total. The number of amides is 1. The van der Waals surface area contributed by atoms with Crippen LogP contribution in [0.4, 0.5) is 0 Å². The van der Waals surface area contributed by atoms with Crippen LogP contribution in [-0.2, 0) is 4.79 Å². The smallest absolute Gasteiger partial charge is 0.220 e. The second-order valence-corrected chi connectivity index (χ2v) is 17.9. The maximum atomic E-state index is 12.5. The van der Waals surface area contributed by atoms with Gasteiger partial charge >= 0.3 is 0 Å². The van der Waals surface area contributed by atoms with Crippen molar-refractivity contribution in [2.45, 2.75) is 296 Å². The van der Waals surface area contributed by atoms with Crippen molar-refractivity contribution in [1.29, 1.82) is 0 Å². The van der Waals surface area contributed by atoms with Crippen molar-refractivity contribution in [3.63, 3.8) is 0 Å². The molecule has 0 bridgehead atoms.